The fourth-order valence-electron chi connectivity index (χ4n) is 0.886. The van der Waals surface area contributed by atoms with Gasteiger partial charge in [0, 0.05) is 24.3 Å². The van der Waals surface area contributed by atoms with Crippen molar-refractivity contribution in [2.45, 2.75) is 26.7 Å². The molecule has 1 aliphatic heterocycles. The van der Waals surface area contributed by atoms with Crippen molar-refractivity contribution in [3.8, 4) is 0 Å². The Morgan fingerprint density at radius 1 is 1.35 bits per heavy atom. The van der Waals surface area contributed by atoms with E-state index >= 15 is 0 Å². The zero-order chi connectivity index (χ0) is 13.3. The predicted molar refractivity (Wildman–Crippen MR) is 65.0 cm³/mol. The van der Waals surface area contributed by atoms with Crippen molar-refractivity contribution in [2.24, 2.45) is 0 Å². The van der Waals surface area contributed by atoms with Crippen LogP contribution in [0.3, 0.4) is 0 Å². The van der Waals surface area contributed by atoms with Crippen LogP contribution in [0.5, 0.6) is 0 Å². The highest BCUT2D eigenvalue weighted by atomic mass is 16.2. The molecule has 0 aromatic carbocycles. The Kier molecular flexibility index (Phi) is 7.34. The summed E-state index contributed by atoms with van der Waals surface area (Å²) >= 11 is 0. The Balaban J connectivity index is 0.000000318. The minimum absolute atomic E-state index is 0.0338. The van der Waals surface area contributed by atoms with Crippen molar-refractivity contribution in [3.63, 3.8) is 0 Å². The van der Waals surface area contributed by atoms with Crippen LogP contribution in [0.15, 0.2) is 24.3 Å². The summed E-state index contributed by atoms with van der Waals surface area (Å²) in [6, 6.07) is 0. The number of hydrogen-bond donors (Lipinski definition) is 2. The molecule has 0 aromatic rings. The van der Waals surface area contributed by atoms with Gasteiger partial charge in [0.1, 0.15) is 0 Å². The lowest BCUT2D eigenvalue weighted by atomic mass is 10.3. The molecular formula is C12H18N2O3. The Bertz CT molecular complexity index is 330. The first kappa shape index (κ1) is 15.1. The first-order valence-corrected chi connectivity index (χ1v) is 5.44. The van der Waals surface area contributed by atoms with Crippen LogP contribution in [0.1, 0.15) is 26.7 Å². The molecule has 1 rings (SSSR count). The molecule has 1 aliphatic rings. The van der Waals surface area contributed by atoms with Gasteiger partial charge < -0.3 is 5.32 Å². The summed E-state index contributed by atoms with van der Waals surface area (Å²) in [5.41, 5.74) is 0.580. The molecule has 94 valence electrons. The summed E-state index contributed by atoms with van der Waals surface area (Å²) in [6.45, 7) is 8.09. The molecule has 0 spiro atoms. The van der Waals surface area contributed by atoms with Crippen LogP contribution in [0.4, 0.5) is 0 Å². The van der Waals surface area contributed by atoms with Crippen molar-refractivity contribution in [3.05, 3.63) is 24.3 Å². The lowest BCUT2D eigenvalue weighted by molar-refractivity contribution is -0.123. The van der Waals surface area contributed by atoms with Crippen LogP contribution < -0.4 is 10.6 Å². The number of nitrogens with one attached hydrogen (secondary N) is 2. The van der Waals surface area contributed by atoms with E-state index in [0.717, 1.165) is 19.4 Å². The summed E-state index contributed by atoms with van der Waals surface area (Å²) in [7, 11) is 0. The Morgan fingerprint density at radius 3 is 2.18 bits per heavy atom. The topological polar surface area (TPSA) is 75.3 Å². The van der Waals surface area contributed by atoms with Gasteiger partial charge in [0.25, 0.3) is 11.8 Å². The number of unbranched alkanes of at least 4 members (excludes halogenated alkanes) is 1. The molecule has 2 N–H and O–H groups in total. The quantitative estimate of drug-likeness (QED) is 0.429. The lowest BCUT2D eigenvalue weighted by Gasteiger charge is -2.01. The molecule has 3 amide bonds. The van der Waals surface area contributed by atoms with Crippen LogP contribution in [-0.2, 0) is 14.4 Å². The predicted octanol–water partition coefficient (Wildman–Crippen LogP) is 0.678. The van der Waals surface area contributed by atoms with E-state index in [-0.39, 0.29) is 17.7 Å². The first-order chi connectivity index (χ1) is 7.97. The molecule has 0 aromatic heterocycles. The minimum atomic E-state index is -0.329. The van der Waals surface area contributed by atoms with Gasteiger partial charge in [-0.1, -0.05) is 19.9 Å². The average Bonchev–Trinajstić information content (AvgIpc) is 2.63. The molecule has 0 atom stereocenters. The largest absolute Gasteiger partial charge is 0.352 e. The highest BCUT2D eigenvalue weighted by molar-refractivity contribution is 6.12. The van der Waals surface area contributed by atoms with Crippen LogP contribution in [0.25, 0.3) is 0 Å². The lowest BCUT2D eigenvalue weighted by Crippen LogP contribution is -2.24. The second-order valence-electron chi connectivity index (χ2n) is 3.58. The van der Waals surface area contributed by atoms with Gasteiger partial charge >= 0.3 is 0 Å². The van der Waals surface area contributed by atoms with Crippen LogP contribution in [0, 0.1) is 0 Å². The third-order valence-electron chi connectivity index (χ3n) is 1.84. The number of amides is 3. The Labute approximate surface area is 101 Å². The van der Waals surface area contributed by atoms with Crippen molar-refractivity contribution >= 4 is 17.7 Å². The van der Waals surface area contributed by atoms with Gasteiger partial charge in [0.2, 0.25) is 5.91 Å². The van der Waals surface area contributed by atoms with Gasteiger partial charge in [-0.05, 0) is 13.3 Å². The monoisotopic (exact) mass is 238 g/mol. The fraction of sp³-hybridized carbons (Fsp3) is 0.417. The van der Waals surface area contributed by atoms with E-state index in [1.807, 2.05) is 5.32 Å². The second kappa shape index (κ2) is 8.27. The SMILES string of the molecule is C=C(C)C(=O)NCCCC.O=C1C=CC(=O)N1. The van der Waals surface area contributed by atoms with Gasteiger partial charge in [-0.25, -0.2) is 0 Å². The molecule has 0 saturated heterocycles. The number of imide groups is 1. The van der Waals surface area contributed by atoms with E-state index in [4.69, 9.17) is 0 Å². The van der Waals surface area contributed by atoms with Crippen molar-refractivity contribution < 1.29 is 14.4 Å². The normalized spacial score (nSPS) is 12.6. The van der Waals surface area contributed by atoms with E-state index in [1.165, 1.54) is 12.2 Å². The molecular weight excluding hydrogens is 220 g/mol. The summed E-state index contributed by atoms with van der Waals surface area (Å²) in [5, 5.41) is 4.77. The number of carbonyl (C=O) groups excluding carboxylic acids is 3. The summed E-state index contributed by atoms with van der Waals surface area (Å²) in [6.07, 6.45) is 4.54. The molecule has 0 fully saturated rings. The molecule has 5 heteroatoms. The molecule has 0 saturated carbocycles. The third-order valence-corrected chi connectivity index (χ3v) is 1.84. The van der Waals surface area contributed by atoms with Crippen LogP contribution in [-0.4, -0.2) is 24.3 Å². The van der Waals surface area contributed by atoms with E-state index in [1.54, 1.807) is 6.92 Å². The van der Waals surface area contributed by atoms with Gasteiger partial charge in [-0.15, -0.1) is 0 Å². The molecule has 0 unspecified atom stereocenters. The average molecular weight is 238 g/mol. The van der Waals surface area contributed by atoms with Gasteiger partial charge in [-0.3, -0.25) is 19.7 Å². The number of hydrogen-bond acceptors (Lipinski definition) is 3. The minimum Gasteiger partial charge on any atom is -0.352 e. The van der Waals surface area contributed by atoms with Gasteiger partial charge in [0.05, 0.1) is 0 Å². The highest BCUT2D eigenvalue weighted by Crippen LogP contribution is 1.87. The summed E-state index contributed by atoms with van der Waals surface area (Å²) < 4.78 is 0. The maximum atomic E-state index is 10.8. The van der Waals surface area contributed by atoms with E-state index in [0.29, 0.717) is 5.57 Å². The molecule has 0 bridgehead atoms. The second-order valence-corrected chi connectivity index (χ2v) is 3.58. The number of carbonyl (C=O) groups is 3. The standard InChI is InChI=1S/C8H15NO.C4H3NO2/c1-4-5-6-9-8(10)7(2)3;6-3-1-2-4(7)5-3/h2,4-6H2,1,3H3,(H,9,10);1-2H,(H,5,6,7). The van der Waals surface area contributed by atoms with Gasteiger partial charge in [0.15, 0.2) is 0 Å². The van der Waals surface area contributed by atoms with Crippen molar-refractivity contribution in [2.75, 3.05) is 6.54 Å². The van der Waals surface area contributed by atoms with E-state index in [9.17, 15) is 14.4 Å². The van der Waals surface area contributed by atoms with Crippen LogP contribution in [0.2, 0.25) is 0 Å². The molecule has 1 heterocycles. The smallest absolute Gasteiger partial charge is 0.250 e. The number of rotatable bonds is 4. The summed E-state index contributed by atoms with van der Waals surface area (Å²) in [5.74, 6) is -0.691. The molecule has 0 radical (unpaired) electrons. The molecule has 5 nitrogen and oxygen atoms in total. The van der Waals surface area contributed by atoms with Crippen molar-refractivity contribution in [1.29, 1.82) is 0 Å². The fourth-order valence-corrected chi connectivity index (χ4v) is 0.886. The van der Waals surface area contributed by atoms with E-state index < -0.39 is 0 Å². The van der Waals surface area contributed by atoms with Crippen LogP contribution >= 0.6 is 0 Å². The van der Waals surface area contributed by atoms with Crippen molar-refractivity contribution in [1.82, 2.24) is 10.6 Å². The Morgan fingerprint density at radius 2 is 1.88 bits per heavy atom. The first-order valence-electron chi connectivity index (χ1n) is 5.44. The van der Waals surface area contributed by atoms with Gasteiger partial charge in [-0.2, -0.15) is 0 Å². The Hall–Kier alpha value is -1.91. The zero-order valence-corrected chi connectivity index (χ0v) is 10.2. The highest BCUT2D eigenvalue weighted by Gasteiger charge is 2.06. The van der Waals surface area contributed by atoms with E-state index in [2.05, 4.69) is 18.8 Å². The zero-order valence-electron chi connectivity index (χ0n) is 10.2. The molecule has 0 aliphatic carbocycles. The molecule has 17 heavy (non-hydrogen) atoms. The summed E-state index contributed by atoms with van der Waals surface area (Å²) in [4.78, 5) is 30.9. The maximum absolute atomic E-state index is 10.8. The maximum Gasteiger partial charge on any atom is 0.250 e. The third kappa shape index (κ3) is 7.96.